The zero-order valence-electron chi connectivity index (χ0n) is 28.7. The topological polar surface area (TPSA) is 55.4 Å². The van der Waals surface area contributed by atoms with Gasteiger partial charge in [-0.25, -0.2) is 4.98 Å². The molecule has 0 saturated carbocycles. The number of fused-ring (bicyclic) bond motifs is 5. The Morgan fingerprint density at radius 1 is 0.840 bits per heavy atom. The van der Waals surface area contributed by atoms with Crippen LogP contribution in [0.4, 0.5) is 0 Å². The van der Waals surface area contributed by atoms with Gasteiger partial charge in [-0.1, -0.05) is 80.6 Å². The van der Waals surface area contributed by atoms with Crippen LogP contribution in [0.15, 0.2) is 143 Å². The summed E-state index contributed by atoms with van der Waals surface area (Å²) in [7, 11) is 0. The van der Waals surface area contributed by atoms with Gasteiger partial charge in [0.2, 0.25) is 0 Å². The Hall–Kier alpha value is -5.68. The SMILES string of the molecule is CC1CC(C2(C)CC=CC(C3C=NC=CC3C)=N2)=Cc2ccc3c4ccc(-c5cccc(-c6cccnc6)n5)cc4n(-c4ccccc4)c3c21. The predicted molar refractivity (Wildman–Crippen MR) is 208 cm³/mol. The van der Waals surface area contributed by atoms with Gasteiger partial charge >= 0.3 is 0 Å². The van der Waals surface area contributed by atoms with E-state index in [-0.39, 0.29) is 11.5 Å². The van der Waals surface area contributed by atoms with Crippen molar-refractivity contribution in [2.75, 3.05) is 0 Å². The molecule has 0 amide bonds. The molecule has 244 valence electrons. The molecule has 0 spiro atoms. The summed E-state index contributed by atoms with van der Waals surface area (Å²) < 4.78 is 2.48. The second kappa shape index (κ2) is 12.0. The van der Waals surface area contributed by atoms with Crippen molar-refractivity contribution in [2.24, 2.45) is 21.8 Å². The van der Waals surface area contributed by atoms with E-state index in [1.165, 1.54) is 38.5 Å². The molecule has 0 radical (unpaired) electrons. The van der Waals surface area contributed by atoms with E-state index in [1.54, 1.807) is 6.20 Å². The summed E-state index contributed by atoms with van der Waals surface area (Å²) in [4.78, 5) is 19.3. The number of dihydropyridines is 1. The average Bonchev–Trinajstić information content (AvgIpc) is 3.49. The van der Waals surface area contributed by atoms with Crippen molar-refractivity contribution in [3.05, 3.63) is 145 Å². The Morgan fingerprint density at radius 2 is 1.68 bits per heavy atom. The highest BCUT2D eigenvalue weighted by molar-refractivity contribution is 6.12. The molecule has 2 aliphatic heterocycles. The first kappa shape index (κ1) is 30.4. The summed E-state index contributed by atoms with van der Waals surface area (Å²) in [6.45, 7) is 6.96. The highest BCUT2D eigenvalue weighted by Gasteiger charge is 2.36. The van der Waals surface area contributed by atoms with Gasteiger partial charge in [0.05, 0.1) is 28.0 Å². The van der Waals surface area contributed by atoms with Crippen LogP contribution in [0.5, 0.6) is 0 Å². The van der Waals surface area contributed by atoms with Crippen LogP contribution in [0.3, 0.4) is 0 Å². The Bertz CT molecular complexity index is 2430. The third-order valence-corrected chi connectivity index (χ3v) is 10.9. The zero-order valence-corrected chi connectivity index (χ0v) is 28.7. The van der Waals surface area contributed by atoms with Gasteiger partial charge < -0.3 is 4.57 Å². The summed E-state index contributed by atoms with van der Waals surface area (Å²) in [6.07, 6.45) is 18.7. The van der Waals surface area contributed by atoms with E-state index < -0.39 is 0 Å². The molecule has 0 bridgehead atoms. The van der Waals surface area contributed by atoms with E-state index in [2.05, 4.69) is 145 Å². The number of hydrogen-bond acceptors (Lipinski definition) is 4. The van der Waals surface area contributed by atoms with Crippen molar-refractivity contribution in [1.29, 1.82) is 0 Å². The van der Waals surface area contributed by atoms with Gasteiger partial charge in [-0.2, -0.15) is 0 Å². The van der Waals surface area contributed by atoms with Crippen LogP contribution in [0.2, 0.25) is 0 Å². The zero-order chi connectivity index (χ0) is 33.8. The van der Waals surface area contributed by atoms with Crippen molar-refractivity contribution < 1.29 is 0 Å². The van der Waals surface area contributed by atoms with Crippen LogP contribution in [0.1, 0.15) is 50.7 Å². The number of aromatic nitrogens is 3. The molecule has 0 N–H and O–H groups in total. The molecule has 3 aliphatic rings. The standard InChI is InChI=1S/C45H39N5/c1-29-20-23-47-28-38(29)41-15-8-21-45(3,49-41)34-24-30(2)43-32(25-34)17-19-37-36-18-16-31(26-42(36)50(44(37)43)35-11-5-4-6-12-35)39-13-7-14-40(48-39)33-10-9-22-46-27-33/h4-20,22-23,25-30,38H,21,24H2,1-3H3. The maximum absolute atomic E-state index is 5.47. The minimum atomic E-state index is -0.280. The summed E-state index contributed by atoms with van der Waals surface area (Å²) >= 11 is 0. The Kier molecular flexibility index (Phi) is 7.31. The van der Waals surface area contributed by atoms with Gasteiger partial charge in [0.25, 0.3) is 0 Å². The van der Waals surface area contributed by atoms with E-state index in [4.69, 9.17) is 9.98 Å². The van der Waals surface area contributed by atoms with Gasteiger partial charge in [0.1, 0.15) is 0 Å². The lowest BCUT2D eigenvalue weighted by atomic mass is 9.74. The number of hydrogen-bond donors (Lipinski definition) is 0. The lowest BCUT2D eigenvalue weighted by molar-refractivity contribution is 0.512. The fraction of sp³-hybridized carbons (Fsp3) is 0.200. The third-order valence-electron chi connectivity index (χ3n) is 10.9. The maximum atomic E-state index is 5.47. The monoisotopic (exact) mass is 649 g/mol. The van der Waals surface area contributed by atoms with Gasteiger partial charge in [0.15, 0.2) is 0 Å². The molecule has 4 atom stereocenters. The maximum Gasteiger partial charge on any atom is 0.0830 e. The highest BCUT2D eigenvalue weighted by Crippen LogP contribution is 2.47. The fourth-order valence-electron chi connectivity index (χ4n) is 8.21. The molecule has 0 fully saturated rings. The van der Waals surface area contributed by atoms with Gasteiger partial charge in [-0.15, -0.1) is 0 Å². The third kappa shape index (κ3) is 5.08. The average molecular weight is 650 g/mol. The van der Waals surface area contributed by atoms with Crippen LogP contribution in [-0.2, 0) is 0 Å². The van der Waals surface area contributed by atoms with E-state index in [9.17, 15) is 0 Å². The van der Waals surface area contributed by atoms with Crippen molar-refractivity contribution in [3.8, 4) is 28.2 Å². The summed E-state index contributed by atoms with van der Waals surface area (Å²) in [5, 5.41) is 2.53. The van der Waals surface area contributed by atoms with Crippen molar-refractivity contribution in [1.82, 2.24) is 14.5 Å². The van der Waals surface area contributed by atoms with Crippen LogP contribution in [-0.4, -0.2) is 32.0 Å². The van der Waals surface area contributed by atoms with Gasteiger partial charge in [-0.3, -0.25) is 15.0 Å². The number of pyridine rings is 2. The molecule has 3 aromatic heterocycles. The van der Waals surface area contributed by atoms with Gasteiger partial charge in [0, 0.05) is 64.0 Å². The number of benzene rings is 3. The van der Waals surface area contributed by atoms with E-state index >= 15 is 0 Å². The summed E-state index contributed by atoms with van der Waals surface area (Å²) in [5.74, 6) is 0.911. The number of rotatable bonds is 5. The lowest BCUT2D eigenvalue weighted by Crippen LogP contribution is -2.34. The Labute approximate surface area is 293 Å². The molecule has 5 heterocycles. The number of aliphatic imine (C=N–C) groups is 2. The summed E-state index contributed by atoms with van der Waals surface area (Å²) in [5.41, 5.74) is 12.5. The number of nitrogens with zero attached hydrogens (tertiary/aromatic N) is 5. The summed E-state index contributed by atoms with van der Waals surface area (Å²) in [6, 6.07) is 32.5. The second-order valence-electron chi connectivity index (χ2n) is 14.2. The quantitative estimate of drug-likeness (QED) is 0.187. The molecule has 50 heavy (non-hydrogen) atoms. The predicted octanol–water partition coefficient (Wildman–Crippen LogP) is 10.8. The van der Waals surface area contributed by atoms with Crippen molar-refractivity contribution >= 4 is 39.8 Å². The van der Waals surface area contributed by atoms with Crippen LogP contribution in [0.25, 0.3) is 56.1 Å². The molecule has 6 aromatic rings. The lowest BCUT2D eigenvalue weighted by Gasteiger charge is -2.36. The molecule has 1 aliphatic carbocycles. The Balaban J connectivity index is 1.20. The van der Waals surface area contributed by atoms with Crippen molar-refractivity contribution in [3.63, 3.8) is 0 Å². The molecule has 3 aromatic carbocycles. The highest BCUT2D eigenvalue weighted by atomic mass is 15.0. The first-order chi connectivity index (χ1) is 24.5. The van der Waals surface area contributed by atoms with Crippen LogP contribution < -0.4 is 0 Å². The molecular weight excluding hydrogens is 611 g/mol. The van der Waals surface area contributed by atoms with Gasteiger partial charge in [-0.05, 0) is 96.8 Å². The Morgan fingerprint density at radius 3 is 2.50 bits per heavy atom. The molecule has 9 rings (SSSR count). The fourth-order valence-corrected chi connectivity index (χ4v) is 8.21. The smallest absolute Gasteiger partial charge is 0.0830 e. The number of para-hydroxylation sites is 1. The van der Waals surface area contributed by atoms with E-state index in [0.717, 1.165) is 46.8 Å². The minimum absolute atomic E-state index is 0.212. The number of allylic oxidation sites excluding steroid dienone is 2. The first-order valence-electron chi connectivity index (χ1n) is 17.7. The normalized spacial score (nSPS) is 22.8. The molecular formula is C45H39N5. The van der Waals surface area contributed by atoms with E-state index in [1.807, 2.05) is 24.5 Å². The molecule has 4 unspecified atom stereocenters. The van der Waals surface area contributed by atoms with E-state index in [0.29, 0.717) is 11.8 Å². The molecule has 5 heteroatoms. The van der Waals surface area contributed by atoms with Crippen LogP contribution >= 0.6 is 0 Å². The first-order valence-corrected chi connectivity index (χ1v) is 17.7. The van der Waals surface area contributed by atoms with Crippen molar-refractivity contribution in [2.45, 2.75) is 45.1 Å². The molecule has 5 nitrogen and oxygen atoms in total. The molecule has 0 saturated heterocycles. The largest absolute Gasteiger partial charge is 0.309 e. The minimum Gasteiger partial charge on any atom is -0.309 e. The second-order valence-corrected chi connectivity index (χ2v) is 14.2. The van der Waals surface area contributed by atoms with Crippen LogP contribution in [0, 0.1) is 11.8 Å².